The standard InChI is InChI=1S/C25H32F6O4/c1-4-21(7-5-6-8-21)35-19(33)23(24(26,27)28,25(29,30)31)20-10-16-9-17(11-20)13-22(12-16,14-20)34-18(32)15(2)3/h16-17H,2,4-14H2,1,3H3. The van der Waals surface area contributed by atoms with Crippen molar-refractivity contribution in [3.8, 4) is 0 Å². The molecule has 5 aliphatic rings. The van der Waals surface area contributed by atoms with E-state index in [1.807, 2.05) is 0 Å². The Bertz CT molecular complexity index is 871. The van der Waals surface area contributed by atoms with Gasteiger partial charge in [-0.2, -0.15) is 26.3 Å². The van der Waals surface area contributed by atoms with Crippen molar-refractivity contribution >= 4 is 11.9 Å². The first kappa shape index (κ1) is 26.3. The lowest BCUT2D eigenvalue weighted by molar-refractivity contribution is -0.389. The molecule has 4 nitrogen and oxygen atoms in total. The summed E-state index contributed by atoms with van der Waals surface area (Å²) in [6, 6.07) is 0. The van der Waals surface area contributed by atoms with Crippen molar-refractivity contribution in [1.29, 1.82) is 0 Å². The number of carbonyl (C=O) groups is 2. The number of esters is 2. The average molecular weight is 511 g/mol. The molecule has 0 radical (unpaired) electrons. The molecule has 0 aliphatic heterocycles. The molecule has 0 N–H and O–H groups in total. The summed E-state index contributed by atoms with van der Waals surface area (Å²) in [6.45, 7) is 6.47. The Morgan fingerprint density at radius 2 is 1.43 bits per heavy atom. The first-order valence-electron chi connectivity index (χ1n) is 12.3. The fraction of sp³-hybridized carbons (Fsp3) is 0.840. The second-order valence-corrected chi connectivity index (χ2v) is 11.5. The Morgan fingerprint density at radius 3 is 1.86 bits per heavy atom. The minimum absolute atomic E-state index is 0.0123. The molecule has 2 atom stereocenters. The van der Waals surface area contributed by atoms with Crippen LogP contribution in [0.4, 0.5) is 26.3 Å². The van der Waals surface area contributed by atoms with Gasteiger partial charge in [0.25, 0.3) is 5.41 Å². The molecule has 5 saturated carbocycles. The molecule has 5 rings (SSSR count). The zero-order chi connectivity index (χ0) is 26.1. The maximum Gasteiger partial charge on any atom is 0.414 e. The van der Waals surface area contributed by atoms with Crippen LogP contribution in [0.2, 0.25) is 0 Å². The molecule has 0 aromatic carbocycles. The zero-order valence-electron chi connectivity index (χ0n) is 20.0. The van der Waals surface area contributed by atoms with Crippen LogP contribution >= 0.6 is 0 Å². The molecule has 5 fully saturated rings. The van der Waals surface area contributed by atoms with E-state index < -0.39 is 77.4 Å². The Balaban J connectivity index is 1.85. The van der Waals surface area contributed by atoms with Crippen molar-refractivity contribution in [2.75, 3.05) is 0 Å². The molecule has 0 spiro atoms. The van der Waals surface area contributed by atoms with Crippen LogP contribution in [0.3, 0.4) is 0 Å². The number of hydrogen-bond acceptors (Lipinski definition) is 4. The van der Waals surface area contributed by atoms with E-state index >= 15 is 0 Å². The lowest BCUT2D eigenvalue weighted by Gasteiger charge is -2.65. The molecule has 198 valence electrons. The van der Waals surface area contributed by atoms with Crippen molar-refractivity contribution in [2.45, 2.75) is 108 Å². The summed E-state index contributed by atoms with van der Waals surface area (Å²) in [5, 5.41) is 0. The van der Waals surface area contributed by atoms with Gasteiger partial charge in [-0.15, -0.1) is 0 Å². The Kier molecular flexibility index (Phi) is 6.12. The number of rotatable bonds is 6. The molecule has 0 heterocycles. The van der Waals surface area contributed by atoms with Gasteiger partial charge in [0.15, 0.2) is 0 Å². The predicted molar refractivity (Wildman–Crippen MR) is 113 cm³/mol. The van der Waals surface area contributed by atoms with E-state index in [-0.39, 0.29) is 37.7 Å². The topological polar surface area (TPSA) is 52.6 Å². The summed E-state index contributed by atoms with van der Waals surface area (Å²) in [5.74, 6) is -4.12. The molecule has 2 unspecified atom stereocenters. The molecule has 0 aromatic heterocycles. The first-order chi connectivity index (χ1) is 16.0. The van der Waals surface area contributed by atoms with Gasteiger partial charge in [-0.1, -0.05) is 13.5 Å². The Labute approximate surface area is 200 Å². The summed E-state index contributed by atoms with van der Waals surface area (Å²) in [6.07, 6.45) is -10.8. The van der Waals surface area contributed by atoms with E-state index in [1.54, 1.807) is 6.92 Å². The van der Waals surface area contributed by atoms with Crippen molar-refractivity contribution in [3.05, 3.63) is 12.2 Å². The van der Waals surface area contributed by atoms with Crippen LogP contribution in [0.25, 0.3) is 0 Å². The van der Waals surface area contributed by atoms with E-state index in [4.69, 9.17) is 9.47 Å². The van der Waals surface area contributed by atoms with Crippen molar-refractivity contribution in [2.24, 2.45) is 22.7 Å². The quantitative estimate of drug-likeness (QED) is 0.224. The van der Waals surface area contributed by atoms with Gasteiger partial charge in [-0.25, -0.2) is 4.79 Å². The maximum atomic E-state index is 14.9. The molecule has 0 saturated heterocycles. The highest BCUT2D eigenvalue weighted by atomic mass is 19.4. The summed E-state index contributed by atoms with van der Waals surface area (Å²) < 4.78 is 100. The van der Waals surface area contributed by atoms with Crippen LogP contribution in [0.15, 0.2) is 12.2 Å². The van der Waals surface area contributed by atoms with Crippen LogP contribution in [0.5, 0.6) is 0 Å². The van der Waals surface area contributed by atoms with Gasteiger partial charge in [0, 0.05) is 11.0 Å². The fourth-order valence-corrected chi connectivity index (χ4v) is 8.05. The lowest BCUT2D eigenvalue weighted by Crippen LogP contribution is -2.72. The van der Waals surface area contributed by atoms with Crippen LogP contribution in [-0.2, 0) is 19.1 Å². The zero-order valence-corrected chi connectivity index (χ0v) is 20.0. The lowest BCUT2D eigenvalue weighted by atomic mass is 9.40. The maximum absolute atomic E-state index is 14.9. The molecule has 4 bridgehead atoms. The summed E-state index contributed by atoms with van der Waals surface area (Å²) >= 11 is 0. The van der Waals surface area contributed by atoms with Crippen LogP contribution < -0.4 is 0 Å². The van der Waals surface area contributed by atoms with Crippen LogP contribution in [0, 0.1) is 22.7 Å². The Hall–Kier alpha value is -1.74. The van der Waals surface area contributed by atoms with Gasteiger partial charge < -0.3 is 9.47 Å². The van der Waals surface area contributed by atoms with Gasteiger partial charge in [0.1, 0.15) is 11.2 Å². The van der Waals surface area contributed by atoms with E-state index in [0.717, 1.165) is 0 Å². The summed E-state index contributed by atoms with van der Waals surface area (Å²) in [5.41, 5.74) is -10.0. The van der Waals surface area contributed by atoms with Gasteiger partial charge in [-0.05, 0) is 89.4 Å². The molecule has 5 aliphatic carbocycles. The van der Waals surface area contributed by atoms with Crippen LogP contribution in [-0.4, -0.2) is 35.5 Å². The normalized spacial score (nSPS) is 34.1. The van der Waals surface area contributed by atoms with Gasteiger partial charge >= 0.3 is 24.3 Å². The third kappa shape index (κ3) is 3.88. The smallest absolute Gasteiger partial charge is 0.414 e. The van der Waals surface area contributed by atoms with Gasteiger partial charge in [0.2, 0.25) is 0 Å². The molecular formula is C25H32F6O4. The highest BCUT2D eigenvalue weighted by molar-refractivity contribution is 5.87. The average Bonchev–Trinajstić information content (AvgIpc) is 3.13. The van der Waals surface area contributed by atoms with E-state index in [0.29, 0.717) is 19.3 Å². The highest BCUT2D eigenvalue weighted by Gasteiger charge is 2.87. The molecular weight excluding hydrogens is 478 g/mol. The predicted octanol–water partition coefficient (Wildman–Crippen LogP) is 6.82. The number of halogens is 6. The SMILES string of the molecule is C=C(C)C(=O)OC12CC3CC(C1)CC(C(C(=O)OC1(CC)CCCC1)(C(F)(F)F)C(F)(F)F)(C3)C2. The third-order valence-corrected chi connectivity index (χ3v) is 9.09. The fourth-order valence-electron chi connectivity index (χ4n) is 8.05. The van der Waals surface area contributed by atoms with Crippen molar-refractivity contribution in [1.82, 2.24) is 0 Å². The van der Waals surface area contributed by atoms with Gasteiger partial charge in [-0.3, -0.25) is 4.79 Å². The van der Waals surface area contributed by atoms with Gasteiger partial charge in [0.05, 0.1) is 0 Å². The highest BCUT2D eigenvalue weighted by Crippen LogP contribution is 2.74. The van der Waals surface area contributed by atoms with Crippen molar-refractivity contribution in [3.63, 3.8) is 0 Å². The molecule has 0 amide bonds. The molecule has 35 heavy (non-hydrogen) atoms. The number of alkyl halides is 6. The number of hydrogen-bond donors (Lipinski definition) is 0. The van der Waals surface area contributed by atoms with Crippen LogP contribution in [0.1, 0.15) is 84.5 Å². The van der Waals surface area contributed by atoms with E-state index in [9.17, 15) is 35.9 Å². The van der Waals surface area contributed by atoms with E-state index in [2.05, 4.69) is 6.58 Å². The summed E-state index contributed by atoms with van der Waals surface area (Å²) in [4.78, 5) is 25.8. The monoisotopic (exact) mass is 510 g/mol. The minimum Gasteiger partial charge on any atom is -0.458 e. The molecule has 0 aromatic rings. The Morgan fingerprint density at radius 1 is 0.914 bits per heavy atom. The first-order valence-corrected chi connectivity index (χ1v) is 12.3. The number of ether oxygens (including phenoxy) is 2. The molecule has 10 heteroatoms. The second kappa shape index (κ2) is 8.13. The summed E-state index contributed by atoms with van der Waals surface area (Å²) in [7, 11) is 0. The second-order valence-electron chi connectivity index (χ2n) is 11.5. The largest absolute Gasteiger partial charge is 0.458 e. The third-order valence-electron chi connectivity index (χ3n) is 9.09. The van der Waals surface area contributed by atoms with E-state index in [1.165, 1.54) is 6.92 Å². The van der Waals surface area contributed by atoms with Crippen molar-refractivity contribution < 1.29 is 45.4 Å². The number of carbonyl (C=O) groups excluding carboxylic acids is 2. The minimum atomic E-state index is -5.94.